The van der Waals surface area contributed by atoms with Gasteiger partial charge in [-0.2, -0.15) is 0 Å². The van der Waals surface area contributed by atoms with Gasteiger partial charge in [0.15, 0.2) is 16.1 Å². The van der Waals surface area contributed by atoms with Gasteiger partial charge < -0.3 is 4.90 Å². The van der Waals surface area contributed by atoms with Gasteiger partial charge in [-0.3, -0.25) is 0 Å². The van der Waals surface area contributed by atoms with Crippen LogP contribution in [0.2, 0.25) is 5.15 Å². The van der Waals surface area contributed by atoms with Crippen LogP contribution in [0, 0.1) is 17.7 Å². The van der Waals surface area contributed by atoms with Crippen molar-refractivity contribution in [2.45, 2.75) is 43.8 Å². The molecule has 0 unspecified atom stereocenters. The quantitative estimate of drug-likeness (QED) is 0.412. The Morgan fingerprint density at radius 3 is 2.96 bits per heavy atom. The molecule has 2 bridgehead atoms. The molecule has 4 nitrogen and oxygen atoms in total. The summed E-state index contributed by atoms with van der Waals surface area (Å²) in [5.41, 5.74) is 1.86. The van der Waals surface area contributed by atoms with Gasteiger partial charge in [0.1, 0.15) is 11.3 Å². The monoisotopic (exact) mass is 390 g/mol. The molecule has 0 amide bonds. The number of rotatable bonds is 2. The summed E-state index contributed by atoms with van der Waals surface area (Å²) < 4.78 is 14.8. The molecule has 2 aromatic rings. The number of anilines is 1. The van der Waals surface area contributed by atoms with Crippen LogP contribution in [-0.2, 0) is 0 Å². The van der Waals surface area contributed by atoms with Crippen molar-refractivity contribution >= 4 is 45.7 Å². The van der Waals surface area contributed by atoms with Gasteiger partial charge in [0.25, 0.3) is 0 Å². The second-order valence-electron chi connectivity index (χ2n) is 7.52. The van der Waals surface area contributed by atoms with Crippen LogP contribution in [0.1, 0.15) is 38.3 Å². The van der Waals surface area contributed by atoms with Gasteiger partial charge in [0, 0.05) is 12.6 Å². The third-order valence-corrected chi connectivity index (χ3v) is 7.00. The number of thioether (sulfide) groups is 1. The molecule has 7 heteroatoms. The highest BCUT2D eigenvalue weighted by atomic mass is 35.5. The summed E-state index contributed by atoms with van der Waals surface area (Å²) in [5, 5.41) is 1.15. The van der Waals surface area contributed by atoms with Crippen LogP contribution in [-0.4, -0.2) is 33.3 Å². The van der Waals surface area contributed by atoms with Crippen LogP contribution in [0.4, 0.5) is 10.2 Å². The number of nitrogens with zero attached hydrogens (tertiary/aromatic N) is 4. The third-order valence-electron chi connectivity index (χ3n) is 6.02. The Labute approximate surface area is 161 Å². The molecule has 136 valence electrons. The van der Waals surface area contributed by atoms with E-state index in [4.69, 9.17) is 16.6 Å². The zero-order valence-electron chi connectivity index (χ0n) is 14.6. The maximum atomic E-state index is 14.8. The minimum Gasteiger partial charge on any atom is -0.352 e. The van der Waals surface area contributed by atoms with Crippen molar-refractivity contribution in [1.29, 1.82) is 0 Å². The highest BCUT2D eigenvalue weighted by molar-refractivity contribution is 7.99. The molecule has 2 aliphatic heterocycles. The fourth-order valence-electron chi connectivity index (χ4n) is 4.93. The molecule has 2 aromatic heterocycles. The van der Waals surface area contributed by atoms with E-state index in [0.717, 1.165) is 30.1 Å². The molecule has 1 aliphatic carbocycles. The maximum absolute atomic E-state index is 14.8. The molecule has 0 spiro atoms. The predicted molar refractivity (Wildman–Crippen MR) is 104 cm³/mol. The molecule has 4 heterocycles. The lowest BCUT2D eigenvalue weighted by Gasteiger charge is -2.40. The van der Waals surface area contributed by atoms with Gasteiger partial charge in [0.2, 0.25) is 0 Å². The Morgan fingerprint density at radius 1 is 1.31 bits per heavy atom. The molecule has 5 rings (SSSR count). The van der Waals surface area contributed by atoms with Crippen LogP contribution in [0.3, 0.4) is 0 Å². The van der Waals surface area contributed by atoms with E-state index in [-0.39, 0.29) is 10.7 Å². The van der Waals surface area contributed by atoms with Crippen molar-refractivity contribution in [2.24, 2.45) is 11.8 Å². The summed E-state index contributed by atoms with van der Waals surface area (Å²) in [7, 11) is 0. The van der Waals surface area contributed by atoms with E-state index in [1.165, 1.54) is 31.0 Å². The van der Waals surface area contributed by atoms with E-state index in [2.05, 4.69) is 21.4 Å². The number of hydrogen-bond donors (Lipinski definition) is 0. The fourth-order valence-corrected chi connectivity index (χ4v) is 5.67. The van der Waals surface area contributed by atoms with Gasteiger partial charge in [-0.05, 0) is 48.8 Å². The van der Waals surface area contributed by atoms with Crippen LogP contribution in [0.15, 0.2) is 11.7 Å². The molecule has 0 aromatic carbocycles. The van der Waals surface area contributed by atoms with Crippen molar-refractivity contribution in [2.75, 3.05) is 17.2 Å². The molecule has 1 saturated carbocycles. The molecular formula is C19H20ClFN4S. The number of fused-ring (bicyclic) bond motifs is 5. The summed E-state index contributed by atoms with van der Waals surface area (Å²) in [6.45, 7) is 7.29. The first-order valence-electron chi connectivity index (χ1n) is 9.21. The topological polar surface area (TPSA) is 41.9 Å². The number of piperidine rings is 1. The summed E-state index contributed by atoms with van der Waals surface area (Å²) in [6, 6.07) is 0.356. The largest absolute Gasteiger partial charge is 0.352 e. The van der Waals surface area contributed by atoms with E-state index < -0.39 is 5.82 Å². The van der Waals surface area contributed by atoms with Crippen LogP contribution < -0.4 is 4.90 Å². The molecule has 3 atom stereocenters. The summed E-state index contributed by atoms with van der Waals surface area (Å²) in [4.78, 5) is 16.1. The van der Waals surface area contributed by atoms with E-state index in [1.807, 2.05) is 6.92 Å². The van der Waals surface area contributed by atoms with Crippen LogP contribution in [0.5, 0.6) is 0 Å². The van der Waals surface area contributed by atoms with E-state index in [0.29, 0.717) is 34.1 Å². The first-order chi connectivity index (χ1) is 12.6. The minimum atomic E-state index is -0.557. The first kappa shape index (κ1) is 16.8. The zero-order valence-corrected chi connectivity index (χ0v) is 16.2. The Morgan fingerprint density at radius 2 is 2.15 bits per heavy atom. The van der Waals surface area contributed by atoms with Crippen molar-refractivity contribution in [3.63, 3.8) is 0 Å². The van der Waals surface area contributed by atoms with Gasteiger partial charge in [-0.1, -0.05) is 36.9 Å². The normalized spacial score (nSPS) is 27.0. The lowest BCUT2D eigenvalue weighted by molar-refractivity contribution is 0.336. The van der Waals surface area contributed by atoms with Crippen LogP contribution >= 0.6 is 23.4 Å². The van der Waals surface area contributed by atoms with Crippen molar-refractivity contribution < 1.29 is 4.39 Å². The molecule has 3 aliphatic rings. The second kappa shape index (κ2) is 6.06. The summed E-state index contributed by atoms with van der Waals surface area (Å²) in [6.07, 6.45) is 4.63. The Hall–Kier alpha value is -1.40. The maximum Gasteiger partial charge on any atom is 0.190 e. The average molecular weight is 391 g/mol. The standard InChI is InChI=1S/C19H20ClFN4S/c1-3-26-19-23-16-13-15(22-17(20)14(16)21)9(2)6-12-11-5-4-10(7-11)8-25(12)18(13)24-19/h10-12H,2-8H2,1H3/t10-,11+,12+/m0/s1. The zero-order chi connectivity index (χ0) is 18.0. The third kappa shape index (κ3) is 2.38. The number of aromatic nitrogens is 3. The summed E-state index contributed by atoms with van der Waals surface area (Å²) in [5.74, 6) is 2.44. The molecular weight excluding hydrogens is 371 g/mol. The van der Waals surface area contributed by atoms with Gasteiger partial charge in [0.05, 0.1) is 11.1 Å². The van der Waals surface area contributed by atoms with E-state index >= 15 is 0 Å². The van der Waals surface area contributed by atoms with E-state index in [1.54, 1.807) is 0 Å². The smallest absolute Gasteiger partial charge is 0.190 e. The number of hydrogen-bond acceptors (Lipinski definition) is 5. The van der Waals surface area contributed by atoms with Gasteiger partial charge in [-0.25, -0.2) is 19.3 Å². The lowest BCUT2D eigenvalue weighted by atomic mass is 9.87. The molecule has 2 fully saturated rings. The Kier molecular flexibility index (Phi) is 3.90. The predicted octanol–water partition coefficient (Wildman–Crippen LogP) is 4.95. The first-order valence-corrected chi connectivity index (χ1v) is 10.6. The molecule has 26 heavy (non-hydrogen) atoms. The Balaban J connectivity index is 1.82. The second-order valence-corrected chi connectivity index (χ2v) is 9.11. The van der Waals surface area contributed by atoms with Crippen molar-refractivity contribution in [3.8, 4) is 0 Å². The molecule has 0 N–H and O–H groups in total. The molecule has 1 saturated heterocycles. The fraction of sp³-hybridized carbons (Fsp3) is 0.526. The average Bonchev–Trinajstić information content (AvgIpc) is 2.97. The minimum absolute atomic E-state index is 0.132. The summed E-state index contributed by atoms with van der Waals surface area (Å²) >= 11 is 7.63. The highest BCUT2D eigenvalue weighted by Crippen LogP contribution is 2.49. The highest BCUT2D eigenvalue weighted by Gasteiger charge is 2.44. The van der Waals surface area contributed by atoms with E-state index in [9.17, 15) is 4.39 Å². The van der Waals surface area contributed by atoms with Crippen LogP contribution in [0.25, 0.3) is 16.5 Å². The lowest BCUT2D eigenvalue weighted by Crippen LogP contribution is -2.45. The number of pyridine rings is 1. The SMILES string of the molecule is C=C1C[C@@H]2[C@@H]3CC[C@@H](C3)CN2c2nc(SCC)nc3c(F)c(Cl)nc1c23. The van der Waals surface area contributed by atoms with Gasteiger partial charge >= 0.3 is 0 Å². The van der Waals surface area contributed by atoms with Gasteiger partial charge in [-0.15, -0.1) is 0 Å². The molecule has 0 radical (unpaired) electrons. The van der Waals surface area contributed by atoms with Crippen molar-refractivity contribution in [1.82, 2.24) is 15.0 Å². The number of halogens is 2. The van der Waals surface area contributed by atoms with Crippen molar-refractivity contribution in [3.05, 3.63) is 23.2 Å². The Bertz CT molecular complexity index is 934.